The monoisotopic (exact) mass is 233 g/mol. The predicted molar refractivity (Wildman–Crippen MR) is 65.0 cm³/mol. The fraction of sp³-hybridized carbons (Fsp3) is 0. The first-order valence-corrected chi connectivity index (χ1v) is 5.92. The summed E-state index contributed by atoms with van der Waals surface area (Å²) in [7, 11) is -1.79. The molecule has 0 aliphatic rings. The quantitative estimate of drug-likeness (QED) is 0.780. The van der Waals surface area contributed by atoms with Crippen LogP contribution in [0.3, 0.4) is 0 Å². The van der Waals surface area contributed by atoms with Crippen LogP contribution in [0.4, 0.5) is 11.5 Å². The zero-order valence-electron chi connectivity index (χ0n) is 8.45. The molecule has 0 bridgehead atoms. The largest absolute Gasteiger partial charge is 0.397 e. The second kappa shape index (κ2) is 4.76. The van der Waals surface area contributed by atoms with Crippen molar-refractivity contribution < 1.29 is 4.21 Å². The van der Waals surface area contributed by atoms with Crippen LogP contribution in [0.15, 0.2) is 57.9 Å². The smallest absolute Gasteiger partial charge is 0.161 e. The standard InChI is InChI=1S/C11H11N3OS/c12-9-6-7-11(13-8-9)14-16(15)10-4-2-1-3-5-10/h1-8,16H,12H2. The number of aromatic nitrogens is 1. The molecule has 1 heterocycles. The van der Waals surface area contributed by atoms with E-state index >= 15 is 0 Å². The third-order valence-electron chi connectivity index (χ3n) is 1.94. The van der Waals surface area contributed by atoms with Gasteiger partial charge in [0.1, 0.15) is 0 Å². The molecule has 4 nitrogen and oxygen atoms in total. The summed E-state index contributed by atoms with van der Waals surface area (Å²) in [6, 6.07) is 12.4. The highest BCUT2D eigenvalue weighted by molar-refractivity contribution is 7.75. The van der Waals surface area contributed by atoms with E-state index in [2.05, 4.69) is 9.35 Å². The number of nitrogen functional groups attached to an aromatic ring is 1. The minimum absolute atomic E-state index is 0.430. The Morgan fingerprint density at radius 1 is 1.12 bits per heavy atom. The van der Waals surface area contributed by atoms with E-state index in [9.17, 15) is 4.21 Å². The van der Waals surface area contributed by atoms with Crippen LogP contribution in [0.5, 0.6) is 0 Å². The van der Waals surface area contributed by atoms with Gasteiger partial charge in [0.15, 0.2) is 5.82 Å². The minimum Gasteiger partial charge on any atom is -0.397 e. The Labute approximate surface area is 95.4 Å². The van der Waals surface area contributed by atoms with E-state index in [4.69, 9.17) is 5.73 Å². The average Bonchev–Trinajstić information content (AvgIpc) is 2.33. The van der Waals surface area contributed by atoms with Crippen LogP contribution in [-0.4, -0.2) is 9.19 Å². The van der Waals surface area contributed by atoms with Crippen molar-refractivity contribution in [3.63, 3.8) is 0 Å². The molecule has 1 unspecified atom stereocenters. The number of rotatable bonds is 2. The highest BCUT2D eigenvalue weighted by atomic mass is 32.2. The van der Waals surface area contributed by atoms with Gasteiger partial charge in [0.05, 0.1) is 22.5 Å². The van der Waals surface area contributed by atoms with Crippen molar-refractivity contribution in [3.05, 3.63) is 48.7 Å². The normalized spacial score (nSPS) is 12.5. The third-order valence-corrected chi connectivity index (χ3v) is 3.07. The summed E-state index contributed by atoms with van der Waals surface area (Å²) in [4.78, 5) is 4.66. The molecule has 5 heteroatoms. The Morgan fingerprint density at radius 2 is 1.88 bits per heavy atom. The summed E-state index contributed by atoms with van der Waals surface area (Å²) in [6.07, 6.45) is 1.49. The summed E-state index contributed by atoms with van der Waals surface area (Å²) in [6.45, 7) is 0. The molecule has 1 atom stereocenters. The molecular weight excluding hydrogens is 222 g/mol. The SMILES string of the molecule is Nc1ccc(/N=[SH](=O)/c2ccccc2)nc1. The maximum atomic E-state index is 11.8. The van der Waals surface area contributed by atoms with E-state index in [0.29, 0.717) is 16.4 Å². The van der Waals surface area contributed by atoms with E-state index < -0.39 is 10.6 Å². The number of hydrogen-bond donors (Lipinski definition) is 2. The number of hydrogen-bond acceptors (Lipinski definition) is 4. The lowest BCUT2D eigenvalue weighted by molar-refractivity contribution is 0.688. The Bertz CT molecular complexity index is 545. The van der Waals surface area contributed by atoms with Gasteiger partial charge in [-0.15, -0.1) is 0 Å². The number of benzene rings is 1. The van der Waals surface area contributed by atoms with Crippen molar-refractivity contribution in [2.75, 3.05) is 5.73 Å². The van der Waals surface area contributed by atoms with Crippen molar-refractivity contribution in [1.29, 1.82) is 0 Å². The van der Waals surface area contributed by atoms with E-state index in [1.807, 2.05) is 18.2 Å². The fourth-order valence-corrected chi connectivity index (χ4v) is 2.01. The Morgan fingerprint density at radius 3 is 2.50 bits per heavy atom. The molecule has 1 aromatic carbocycles. The summed E-state index contributed by atoms with van der Waals surface area (Å²) >= 11 is 0. The Hall–Kier alpha value is -1.88. The molecule has 82 valence electrons. The molecule has 0 saturated carbocycles. The van der Waals surface area contributed by atoms with Crippen molar-refractivity contribution in [3.8, 4) is 0 Å². The molecule has 0 aliphatic heterocycles. The molecule has 0 aliphatic carbocycles. The lowest BCUT2D eigenvalue weighted by atomic mass is 10.4. The van der Waals surface area contributed by atoms with Gasteiger partial charge in [-0.1, -0.05) is 18.2 Å². The van der Waals surface area contributed by atoms with Crippen molar-refractivity contribution >= 4 is 22.1 Å². The maximum absolute atomic E-state index is 11.8. The number of anilines is 1. The van der Waals surface area contributed by atoms with Crippen LogP contribution in [0.2, 0.25) is 0 Å². The van der Waals surface area contributed by atoms with Crippen molar-refractivity contribution in [2.45, 2.75) is 4.90 Å². The summed E-state index contributed by atoms with van der Waals surface area (Å²) < 4.78 is 15.8. The zero-order valence-corrected chi connectivity index (χ0v) is 9.34. The minimum atomic E-state index is -1.79. The molecule has 2 rings (SSSR count). The first kappa shape index (κ1) is 10.6. The van der Waals surface area contributed by atoms with Gasteiger partial charge in [0.25, 0.3) is 0 Å². The fourth-order valence-electron chi connectivity index (χ4n) is 1.16. The van der Waals surface area contributed by atoms with Gasteiger partial charge >= 0.3 is 0 Å². The van der Waals surface area contributed by atoms with Crippen LogP contribution in [0, 0.1) is 0 Å². The molecule has 2 aromatic rings. The number of nitrogens with two attached hydrogens (primary N) is 1. The highest BCUT2D eigenvalue weighted by Gasteiger charge is 1.94. The molecule has 1 aromatic heterocycles. The number of pyridine rings is 1. The van der Waals surface area contributed by atoms with Gasteiger partial charge in [0, 0.05) is 4.90 Å². The zero-order chi connectivity index (χ0) is 11.4. The average molecular weight is 233 g/mol. The van der Waals surface area contributed by atoms with Gasteiger partial charge in [-0.05, 0) is 24.3 Å². The van der Waals surface area contributed by atoms with Crippen LogP contribution >= 0.6 is 0 Å². The maximum Gasteiger partial charge on any atom is 0.161 e. The van der Waals surface area contributed by atoms with Crippen molar-refractivity contribution in [2.24, 2.45) is 4.36 Å². The molecule has 0 amide bonds. The molecular formula is C11H11N3OS. The van der Waals surface area contributed by atoms with E-state index in [1.54, 1.807) is 24.3 Å². The topological polar surface area (TPSA) is 68.3 Å². The van der Waals surface area contributed by atoms with Gasteiger partial charge in [0.2, 0.25) is 0 Å². The van der Waals surface area contributed by atoms with Crippen LogP contribution < -0.4 is 5.73 Å². The summed E-state index contributed by atoms with van der Waals surface area (Å²) in [5.74, 6) is 0.430. The number of thiol groups is 1. The van der Waals surface area contributed by atoms with Gasteiger partial charge in [-0.25, -0.2) is 9.19 Å². The van der Waals surface area contributed by atoms with E-state index in [-0.39, 0.29) is 0 Å². The predicted octanol–water partition coefficient (Wildman–Crippen LogP) is 2.02. The Kier molecular flexibility index (Phi) is 3.16. The second-order valence-corrected chi connectivity index (χ2v) is 4.42. The van der Waals surface area contributed by atoms with Crippen LogP contribution in [0.1, 0.15) is 0 Å². The first-order valence-electron chi connectivity index (χ1n) is 4.71. The lowest BCUT2D eigenvalue weighted by Crippen LogP contribution is -1.85. The Balaban J connectivity index is 2.32. The van der Waals surface area contributed by atoms with Crippen LogP contribution in [-0.2, 0) is 10.6 Å². The lowest BCUT2D eigenvalue weighted by Gasteiger charge is -1.95. The first-order chi connectivity index (χ1) is 7.75. The second-order valence-electron chi connectivity index (χ2n) is 3.16. The highest BCUT2D eigenvalue weighted by Crippen LogP contribution is 2.12. The molecule has 2 N–H and O–H groups in total. The number of nitrogens with zero attached hydrogens (tertiary/aromatic N) is 2. The molecule has 0 saturated heterocycles. The van der Waals surface area contributed by atoms with Gasteiger partial charge in [-0.3, -0.25) is 0 Å². The summed E-state index contributed by atoms with van der Waals surface area (Å²) in [5, 5.41) is 0. The van der Waals surface area contributed by atoms with Gasteiger partial charge in [-0.2, -0.15) is 4.36 Å². The van der Waals surface area contributed by atoms with Crippen molar-refractivity contribution in [1.82, 2.24) is 4.98 Å². The molecule has 16 heavy (non-hydrogen) atoms. The van der Waals surface area contributed by atoms with Gasteiger partial charge < -0.3 is 5.73 Å². The van der Waals surface area contributed by atoms with E-state index in [0.717, 1.165) is 0 Å². The van der Waals surface area contributed by atoms with Crippen LogP contribution in [0.25, 0.3) is 0 Å². The molecule has 0 radical (unpaired) electrons. The summed E-state index contributed by atoms with van der Waals surface area (Å²) in [5.41, 5.74) is 6.06. The molecule has 0 spiro atoms. The van der Waals surface area contributed by atoms with E-state index in [1.165, 1.54) is 6.20 Å². The molecule has 0 fully saturated rings. The third kappa shape index (κ3) is 2.58.